The van der Waals surface area contributed by atoms with Crippen LogP contribution in [0, 0.1) is 0 Å². The van der Waals surface area contributed by atoms with Crippen molar-refractivity contribution in [3.05, 3.63) is 78.1 Å². The Balaban J connectivity index is 0.00000320. The number of nitrogens with one attached hydrogen (secondary N) is 2. The first kappa shape index (κ1) is 23.7. The van der Waals surface area contributed by atoms with Crippen molar-refractivity contribution >= 4 is 29.9 Å². The van der Waals surface area contributed by atoms with Crippen LogP contribution in [0.15, 0.2) is 66.2 Å². The Hall–Kier alpha value is -2.62. The lowest BCUT2D eigenvalue weighted by atomic mass is 9.92. The summed E-state index contributed by atoms with van der Waals surface area (Å²) in [5, 5.41) is 3.22. The van der Waals surface area contributed by atoms with Crippen LogP contribution in [-0.4, -0.2) is 41.1 Å². The summed E-state index contributed by atoms with van der Waals surface area (Å²) in [5.74, 6) is 1.49. The molecule has 0 saturated carbocycles. The number of benzene rings is 1. The summed E-state index contributed by atoms with van der Waals surface area (Å²) in [4.78, 5) is 16.1. The molecule has 0 saturated heterocycles. The fourth-order valence-corrected chi connectivity index (χ4v) is 3.19. The van der Waals surface area contributed by atoms with Crippen LogP contribution in [0.5, 0.6) is 5.75 Å². The number of nitrogens with zero attached hydrogens (tertiary/aromatic N) is 3. The van der Waals surface area contributed by atoms with E-state index in [1.807, 2.05) is 36.7 Å². The number of hydrogen-bond acceptors (Lipinski definition) is 4. The van der Waals surface area contributed by atoms with Gasteiger partial charge in [-0.3, -0.25) is 9.98 Å². The lowest BCUT2D eigenvalue weighted by molar-refractivity contribution is 0.414. The highest BCUT2D eigenvalue weighted by atomic mass is 127. The van der Waals surface area contributed by atoms with Gasteiger partial charge in [0.05, 0.1) is 13.4 Å². The zero-order valence-electron chi connectivity index (χ0n) is 17.1. The van der Waals surface area contributed by atoms with Crippen molar-refractivity contribution in [2.75, 3.05) is 20.2 Å². The summed E-state index contributed by atoms with van der Waals surface area (Å²) < 4.78 is 5.27. The molecule has 0 aliphatic rings. The highest BCUT2D eigenvalue weighted by molar-refractivity contribution is 14.0. The molecule has 0 radical (unpaired) electrons. The van der Waals surface area contributed by atoms with Gasteiger partial charge in [-0.05, 0) is 49.1 Å². The molecule has 8 heteroatoms. The monoisotopic (exact) mass is 520 g/mol. The summed E-state index contributed by atoms with van der Waals surface area (Å²) in [6.07, 6.45) is 8.04. The molecule has 0 bridgehead atoms. The van der Waals surface area contributed by atoms with E-state index in [9.17, 15) is 0 Å². The van der Waals surface area contributed by atoms with Crippen molar-refractivity contribution in [1.82, 2.24) is 20.3 Å². The minimum Gasteiger partial charge on any atom is -0.497 e. The summed E-state index contributed by atoms with van der Waals surface area (Å²) in [6.45, 7) is 1.39. The van der Waals surface area contributed by atoms with E-state index < -0.39 is 0 Å². The molecular weight excluding hydrogens is 491 g/mol. The molecule has 7 nitrogen and oxygen atoms in total. The van der Waals surface area contributed by atoms with Gasteiger partial charge in [-0.2, -0.15) is 0 Å². The van der Waals surface area contributed by atoms with Crippen LogP contribution in [0.2, 0.25) is 0 Å². The normalized spacial score (nSPS) is 12.1. The second-order valence-corrected chi connectivity index (χ2v) is 6.74. The van der Waals surface area contributed by atoms with Crippen LogP contribution in [0.3, 0.4) is 0 Å². The van der Waals surface area contributed by atoms with E-state index in [2.05, 4.69) is 43.5 Å². The predicted molar refractivity (Wildman–Crippen MR) is 131 cm³/mol. The number of methoxy groups -OCH3 is 1. The molecule has 30 heavy (non-hydrogen) atoms. The fourth-order valence-electron chi connectivity index (χ4n) is 3.19. The SMILES string of the molecule is COc1ccc(C(CCNC(N)=NCCCc2cnc[nH]2)c2ccccn2)cc1.I. The Labute approximate surface area is 194 Å². The number of rotatable bonds is 10. The van der Waals surface area contributed by atoms with Crippen molar-refractivity contribution in [3.63, 3.8) is 0 Å². The van der Waals surface area contributed by atoms with E-state index in [4.69, 9.17) is 10.5 Å². The molecule has 0 fully saturated rings. The lowest BCUT2D eigenvalue weighted by Crippen LogP contribution is -2.33. The molecular formula is C22H29IN6O. The van der Waals surface area contributed by atoms with Crippen molar-refractivity contribution in [2.45, 2.75) is 25.2 Å². The summed E-state index contributed by atoms with van der Waals surface area (Å²) in [7, 11) is 1.67. The maximum absolute atomic E-state index is 6.02. The zero-order valence-corrected chi connectivity index (χ0v) is 19.5. The van der Waals surface area contributed by atoms with Gasteiger partial charge in [-0.25, -0.2) is 4.98 Å². The highest BCUT2D eigenvalue weighted by Crippen LogP contribution is 2.27. The largest absolute Gasteiger partial charge is 0.497 e. The molecule has 2 aromatic heterocycles. The number of H-pyrrole nitrogens is 1. The third kappa shape index (κ3) is 7.33. The van der Waals surface area contributed by atoms with E-state index in [0.29, 0.717) is 19.0 Å². The quantitative estimate of drug-likeness (QED) is 0.165. The number of ether oxygens (including phenoxy) is 1. The number of aliphatic imine (C=N–C) groups is 1. The summed E-state index contributed by atoms with van der Waals surface area (Å²) in [6, 6.07) is 14.1. The predicted octanol–water partition coefficient (Wildman–Crippen LogP) is 3.49. The average Bonchev–Trinajstić information content (AvgIpc) is 3.29. The second-order valence-electron chi connectivity index (χ2n) is 6.74. The molecule has 0 aliphatic carbocycles. The molecule has 0 spiro atoms. The van der Waals surface area contributed by atoms with Gasteiger partial charge in [0.1, 0.15) is 5.75 Å². The van der Waals surface area contributed by atoms with E-state index >= 15 is 0 Å². The standard InChI is InChI=1S/C22H28N6O.HI/c1-29-19-9-7-17(8-10-19)20(21-6-2-3-12-25-21)11-14-27-22(23)26-13-4-5-18-15-24-16-28-18;/h2-3,6-10,12,15-16,20H,4-5,11,13-14H2,1H3,(H,24,28)(H3,23,26,27);1H. The first-order valence-corrected chi connectivity index (χ1v) is 9.82. The molecule has 1 aromatic carbocycles. The topological polar surface area (TPSA) is 101 Å². The second kappa shape index (κ2) is 12.8. The molecule has 0 aliphatic heterocycles. The van der Waals surface area contributed by atoms with Crippen molar-refractivity contribution in [1.29, 1.82) is 0 Å². The van der Waals surface area contributed by atoms with Crippen LogP contribution in [0.4, 0.5) is 0 Å². The Morgan fingerprint density at radius 1 is 1.23 bits per heavy atom. The summed E-state index contributed by atoms with van der Waals surface area (Å²) in [5.41, 5.74) is 9.37. The minimum atomic E-state index is 0. The number of hydrogen-bond donors (Lipinski definition) is 3. The van der Waals surface area contributed by atoms with Crippen LogP contribution >= 0.6 is 24.0 Å². The maximum atomic E-state index is 6.02. The smallest absolute Gasteiger partial charge is 0.188 e. The molecule has 4 N–H and O–H groups in total. The van der Waals surface area contributed by atoms with Gasteiger partial charge < -0.3 is 20.8 Å². The molecule has 2 heterocycles. The lowest BCUT2D eigenvalue weighted by Gasteiger charge is -2.18. The van der Waals surface area contributed by atoms with E-state index in [0.717, 1.165) is 36.4 Å². The average molecular weight is 520 g/mol. The van der Waals surface area contributed by atoms with Crippen LogP contribution in [0.1, 0.15) is 35.7 Å². The Morgan fingerprint density at radius 3 is 2.73 bits per heavy atom. The molecule has 1 atom stereocenters. The number of imidazole rings is 1. The van der Waals surface area contributed by atoms with Gasteiger partial charge in [0.15, 0.2) is 5.96 Å². The Kier molecular flexibility index (Phi) is 10.1. The summed E-state index contributed by atoms with van der Waals surface area (Å²) >= 11 is 0. The third-order valence-corrected chi connectivity index (χ3v) is 4.74. The van der Waals surface area contributed by atoms with Gasteiger partial charge in [0.2, 0.25) is 0 Å². The first-order valence-electron chi connectivity index (χ1n) is 9.82. The Morgan fingerprint density at radius 2 is 2.07 bits per heavy atom. The molecule has 0 amide bonds. The molecule has 160 valence electrons. The first-order chi connectivity index (χ1) is 14.3. The maximum Gasteiger partial charge on any atom is 0.188 e. The Bertz CT molecular complexity index is 868. The van der Waals surface area contributed by atoms with Gasteiger partial charge in [0, 0.05) is 42.8 Å². The third-order valence-electron chi connectivity index (χ3n) is 4.74. The van der Waals surface area contributed by atoms with E-state index in [1.165, 1.54) is 5.56 Å². The van der Waals surface area contributed by atoms with Gasteiger partial charge >= 0.3 is 0 Å². The highest BCUT2D eigenvalue weighted by Gasteiger charge is 2.15. The number of halogens is 1. The van der Waals surface area contributed by atoms with Gasteiger partial charge in [-0.1, -0.05) is 18.2 Å². The zero-order chi connectivity index (χ0) is 20.3. The van der Waals surface area contributed by atoms with Crippen LogP contribution < -0.4 is 15.8 Å². The van der Waals surface area contributed by atoms with Crippen molar-refractivity contribution in [3.8, 4) is 5.75 Å². The fraction of sp³-hybridized carbons (Fsp3) is 0.318. The number of guanidine groups is 1. The molecule has 1 unspecified atom stereocenters. The minimum absolute atomic E-state index is 0. The number of pyridine rings is 1. The number of nitrogens with two attached hydrogens (primary N) is 1. The number of aromatic nitrogens is 3. The van der Waals surface area contributed by atoms with Crippen molar-refractivity contribution in [2.24, 2.45) is 10.7 Å². The van der Waals surface area contributed by atoms with Crippen molar-refractivity contribution < 1.29 is 4.74 Å². The van der Waals surface area contributed by atoms with Crippen LogP contribution in [0.25, 0.3) is 0 Å². The van der Waals surface area contributed by atoms with E-state index in [-0.39, 0.29) is 29.9 Å². The van der Waals surface area contributed by atoms with E-state index in [1.54, 1.807) is 13.4 Å². The number of aromatic amines is 1. The molecule has 3 aromatic rings. The molecule has 3 rings (SSSR count). The number of aryl methyl sites for hydroxylation is 1. The van der Waals surface area contributed by atoms with Gasteiger partial charge in [0.25, 0.3) is 0 Å². The van der Waals surface area contributed by atoms with Gasteiger partial charge in [-0.15, -0.1) is 24.0 Å². The van der Waals surface area contributed by atoms with Crippen LogP contribution in [-0.2, 0) is 6.42 Å².